The van der Waals surface area contributed by atoms with Crippen LogP contribution in [0.15, 0.2) is 99.3 Å². The van der Waals surface area contributed by atoms with Gasteiger partial charge in [0.2, 0.25) is 5.75 Å². The van der Waals surface area contributed by atoms with Gasteiger partial charge in [-0.15, -0.1) is 0 Å². The van der Waals surface area contributed by atoms with Crippen LogP contribution in [-0.2, 0) is 11.0 Å². The van der Waals surface area contributed by atoms with Gasteiger partial charge < -0.3 is 10.1 Å². The van der Waals surface area contributed by atoms with E-state index in [4.69, 9.17) is 4.74 Å². The summed E-state index contributed by atoms with van der Waals surface area (Å²) in [6.07, 6.45) is -3.57. The number of nitro groups is 1. The van der Waals surface area contributed by atoms with Gasteiger partial charge in [0.05, 0.1) is 32.1 Å². The van der Waals surface area contributed by atoms with Gasteiger partial charge in [-0.1, -0.05) is 30.3 Å². The Labute approximate surface area is 258 Å². The molecule has 15 heteroatoms. The second-order valence-corrected chi connectivity index (χ2v) is 10.2. The molecule has 1 aromatic heterocycles. The van der Waals surface area contributed by atoms with Gasteiger partial charge in [-0.05, 0) is 64.5 Å². The topological polar surface area (TPSA) is 129 Å². The minimum absolute atomic E-state index is 0.0442. The first kappa shape index (κ1) is 31.0. The molecule has 0 bridgehead atoms. The molecule has 0 spiro atoms. The van der Waals surface area contributed by atoms with Crippen LogP contribution in [-0.4, -0.2) is 33.3 Å². The Hall–Kier alpha value is -5.44. The van der Waals surface area contributed by atoms with E-state index in [9.17, 15) is 37.3 Å². The summed E-state index contributed by atoms with van der Waals surface area (Å²) in [4.78, 5) is 41.2. The van der Waals surface area contributed by atoms with Gasteiger partial charge in [-0.25, -0.2) is 9.37 Å². The first-order chi connectivity index (χ1) is 21.4. The van der Waals surface area contributed by atoms with E-state index in [2.05, 4.69) is 31.3 Å². The number of carbonyl (C=O) groups excluding carboxylic acids is 1. The van der Waals surface area contributed by atoms with E-state index >= 15 is 0 Å². The summed E-state index contributed by atoms with van der Waals surface area (Å²) in [5, 5.41) is 18.6. The molecular weight excluding hydrogens is 666 g/mol. The Kier molecular flexibility index (Phi) is 8.72. The molecule has 0 saturated heterocycles. The molecule has 4 aromatic carbocycles. The number of halogens is 5. The number of amides is 1. The highest BCUT2D eigenvalue weighted by Gasteiger charge is 2.31. The van der Waals surface area contributed by atoms with E-state index in [0.29, 0.717) is 0 Å². The zero-order valence-corrected chi connectivity index (χ0v) is 24.2. The average Bonchev–Trinajstić information content (AvgIpc) is 2.99. The highest BCUT2D eigenvalue weighted by molar-refractivity contribution is 9.10. The zero-order valence-electron chi connectivity index (χ0n) is 22.6. The number of benzene rings is 4. The minimum Gasteiger partial charge on any atom is -0.476 e. The summed E-state index contributed by atoms with van der Waals surface area (Å²) in [5.74, 6) is -1.77. The molecule has 1 N–H and O–H groups in total. The smallest absolute Gasteiger partial charge is 0.416 e. The summed E-state index contributed by atoms with van der Waals surface area (Å²) in [7, 11) is 0. The maximum atomic E-state index is 13.4. The normalized spacial score (nSPS) is 11.6. The molecule has 0 fully saturated rings. The third-order valence-corrected chi connectivity index (χ3v) is 6.81. The first-order valence-electron chi connectivity index (χ1n) is 12.8. The molecule has 5 aromatic rings. The number of hydrogen-bond donors (Lipinski definition) is 1. The molecule has 0 radical (unpaired) electrons. The number of ether oxygens (including phenoxy) is 1. The fraction of sp³-hybridized carbons (Fsp3) is 0.0667. The molecule has 1 heterocycles. The lowest BCUT2D eigenvalue weighted by atomic mass is 10.1. The molecule has 0 aliphatic heterocycles. The number of para-hydroxylation sites is 1. The Balaban J connectivity index is 1.50. The van der Waals surface area contributed by atoms with Crippen molar-refractivity contribution in [1.82, 2.24) is 9.66 Å². The molecule has 0 aliphatic carbocycles. The van der Waals surface area contributed by atoms with Crippen LogP contribution in [0.25, 0.3) is 22.3 Å². The van der Waals surface area contributed by atoms with E-state index in [1.165, 1.54) is 48.5 Å². The molecular formula is C30H18BrF4N5O5. The van der Waals surface area contributed by atoms with Gasteiger partial charge in [0.25, 0.3) is 11.5 Å². The number of fused-ring (bicyclic) bond motifs is 1. The molecule has 228 valence electrons. The van der Waals surface area contributed by atoms with Crippen molar-refractivity contribution < 1.29 is 32.0 Å². The minimum atomic E-state index is -4.66. The van der Waals surface area contributed by atoms with E-state index in [1.54, 1.807) is 12.1 Å². The fourth-order valence-electron chi connectivity index (χ4n) is 4.23. The van der Waals surface area contributed by atoms with E-state index in [-0.39, 0.29) is 43.8 Å². The third kappa shape index (κ3) is 7.04. The predicted molar refractivity (Wildman–Crippen MR) is 161 cm³/mol. The second kappa shape index (κ2) is 12.7. The van der Waals surface area contributed by atoms with Crippen LogP contribution in [0.5, 0.6) is 5.75 Å². The number of anilines is 1. The summed E-state index contributed by atoms with van der Waals surface area (Å²) >= 11 is 3.18. The number of nitro benzene ring substituents is 1. The molecule has 0 saturated carbocycles. The Morgan fingerprint density at radius 1 is 1.07 bits per heavy atom. The predicted octanol–water partition coefficient (Wildman–Crippen LogP) is 6.79. The zero-order chi connectivity index (χ0) is 32.3. The molecule has 0 atom stereocenters. The number of rotatable bonds is 8. The number of aromatic nitrogens is 2. The van der Waals surface area contributed by atoms with Crippen molar-refractivity contribution in [3.63, 3.8) is 0 Å². The van der Waals surface area contributed by atoms with Gasteiger partial charge >= 0.3 is 11.9 Å². The van der Waals surface area contributed by atoms with Crippen LogP contribution in [0.4, 0.5) is 28.9 Å². The van der Waals surface area contributed by atoms with Crippen molar-refractivity contribution in [3.05, 3.63) is 127 Å². The Morgan fingerprint density at radius 2 is 1.82 bits per heavy atom. The largest absolute Gasteiger partial charge is 0.476 e. The van der Waals surface area contributed by atoms with Gasteiger partial charge in [-0.3, -0.25) is 19.7 Å². The summed E-state index contributed by atoms with van der Waals surface area (Å²) in [6.45, 7) is -0.651. The van der Waals surface area contributed by atoms with Crippen LogP contribution in [0.1, 0.15) is 11.1 Å². The van der Waals surface area contributed by atoms with Gasteiger partial charge in [-0.2, -0.15) is 22.9 Å². The number of nitrogens with one attached hydrogen (secondary N) is 1. The summed E-state index contributed by atoms with van der Waals surface area (Å²) < 4.78 is 60.0. The summed E-state index contributed by atoms with van der Waals surface area (Å²) in [5.41, 5.74) is -1.78. The van der Waals surface area contributed by atoms with Crippen molar-refractivity contribution in [2.24, 2.45) is 5.10 Å². The maximum absolute atomic E-state index is 13.4. The lowest BCUT2D eigenvalue weighted by Gasteiger charge is -2.12. The standard InChI is InChI=1S/C30H18BrF4N5O5/c31-23-11-17(12-25(40(43)44)27(23)45-16-26(41)37-21-8-4-7-20(32)14-21)15-36-39-28(18-5-3-6-19(13-18)30(33,34)35)38-24-10-2-1-9-22(24)29(39)42/h1-15H,16H2,(H,37,41). The quantitative estimate of drug-likeness (QED) is 0.0830. The molecule has 10 nitrogen and oxygen atoms in total. The van der Waals surface area contributed by atoms with Crippen LogP contribution in [0.3, 0.4) is 0 Å². The molecule has 5 rings (SSSR count). The van der Waals surface area contributed by atoms with Crippen LogP contribution >= 0.6 is 15.9 Å². The SMILES string of the molecule is O=C(COc1c(Br)cc(C=Nn2c(-c3cccc(C(F)(F)F)c3)nc3ccccc3c2=O)cc1[N+](=O)[O-])Nc1cccc(F)c1. The average molecular weight is 684 g/mol. The highest BCUT2D eigenvalue weighted by Crippen LogP contribution is 2.36. The Bertz CT molecular complexity index is 2050. The van der Waals surface area contributed by atoms with Crippen LogP contribution in [0, 0.1) is 15.9 Å². The van der Waals surface area contributed by atoms with E-state index < -0.39 is 46.2 Å². The van der Waals surface area contributed by atoms with E-state index in [0.717, 1.165) is 35.2 Å². The number of nitrogens with zero attached hydrogens (tertiary/aromatic N) is 4. The van der Waals surface area contributed by atoms with Gasteiger partial charge in [0, 0.05) is 22.9 Å². The Morgan fingerprint density at radius 3 is 2.56 bits per heavy atom. The maximum Gasteiger partial charge on any atom is 0.416 e. The summed E-state index contributed by atoms with van der Waals surface area (Å²) in [6, 6.07) is 18.0. The monoisotopic (exact) mass is 683 g/mol. The number of alkyl halides is 3. The molecule has 0 unspecified atom stereocenters. The fourth-order valence-corrected chi connectivity index (χ4v) is 4.81. The lowest BCUT2D eigenvalue weighted by Crippen LogP contribution is -2.21. The van der Waals surface area contributed by atoms with E-state index in [1.807, 2.05) is 0 Å². The van der Waals surface area contributed by atoms with Crippen LogP contribution in [0.2, 0.25) is 0 Å². The van der Waals surface area contributed by atoms with Crippen molar-refractivity contribution in [3.8, 4) is 17.1 Å². The lowest BCUT2D eigenvalue weighted by molar-refractivity contribution is -0.385. The third-order valence-electron chi connectivity index (χ3n) is 6.22. The molecule has 45 heavy (non-hydrogen) atoms. The highest BCUT2D eigenvalue weighted by atomic mass is 79.9. The molecule has 1 amide bonds. The van der Waals surface area contributed by atoms with Crippen LogP contribution < -0.4 is 15.6 Å². The first-order valence-corrected chi connectivity index (χ1v) is 13.6. The van der Waals surface area contributed by atoms with Crippen molar-refractivity contribution in [2.75, 3.05) is 11.9 Å². The molecule has 0 aliphatic rings. The van der Waals surface area contributed by atoms with Gasteiger partial charge in [0.15, 0.2) is 12.4 Å². The van der Waals surface area contributed by atoms with Gasteiger partial charge in [0.1, 0.15) is 5.82 Å². The number of hydrogen-bond acceptors (Lipinski definition) is 7. The number of carbonyl (C=O) groups is 1. The van der Waals surface area contributed by atoms with Crippen molar-refractivity contribution in [2.45, 2.75) is 6.18 Å². The second-order valence-electron chi connectivity index (χ2n) is 9.35. The van der Waals surface area contributed by atoms with Crippen molar-refractivity contribution in [1.29, 1.82) is 0 Å². The van der Waals surface area contributed by atoms with Crippen molar-refractivity contribution >= 4 is 50.3 Å².